The predicted octanol–water partition coefficient (Wildman–Crippen LogP) is 3.51. The minimum Gasteiger partial charge on any atom is -0.452 e. The average molecular weight is 377 g/mol. The van der Waals surface area contributed by atoms with Crippen LogP contribution in [0.1, 0.15) is 28.4 Å². The Kier molecular flexibility index (Phi) is 5.87. The largest absolute Gasteiger partial charge is 0.452 e. The number of nitrogens with one attached hydrogen (secondary N) is 1. The second-order valence-corrected chi connectivity index (χ2v) is 5.89. The molecule has 1 heterocycles. The topological polar surface area (TPSA) is 68.3 Å². The maximum atomic E-state index is 12.0. The first-order valence-electron chi connectivity index (χ1n) is 7.17. The second-order valence-electron chi connectivity index (χ2n) is 4.98. The first kappa shape index (κ1) is 17.1. The maximum Gasteiger partial charge on any atom is 0.340 e. The molecule has 1 aromatic carbocycles. The number of esters is 1. The fraction of sp³-hybridized carbons (Fsp3) is 0.235. The molecule has 1 aromatic heterocycles. The molecule has 1 N–H and O–H groups in total. The number of pyridine rings is 1. The Balaban J connectivity index is 1.97. The summed E-state index contributed by atoms with van der Waals surface area (Å²) in [4.78, 5) is 27.8. The highest BCUT2D eigenvalue weighted by atomic mass is 79.9. The smallest absolute Gasteiger partial charge is 0.340 e. The van der Waals surface area contributed by atoms with Crippen molar-refractivity contribution in [3.8, 4) is 0 Å². The standard InChI is InChI=1S/C17H17BrN2O3/c1-3-12-6-4-5-11(2)16(12)20-15(21)10-23-17(22)13-7-14(18)9-19-8-13/h4-9H,3,10H2,1-2H3,(H,20,21). The predicted molar refractivity (Wildman–Crippen MR) is 91.4 cm³/mol. The number of carbonyl (C=O) groups excluding carboxylic acids is 2. The van der Waals surface area contributed by atoms with E-state index in [-0.39, 0.29) is 18.1 Å². The normalized spacial score (nSPS) is 10.2. The van der Waals surface area contributed by atoms with Gasteiger partial charge in [-0.25, -0.2) is 4.79 Å². The summed E-state index contributed by atoms with van der Waals surface area (Å²) in [6.07, 6.45) is 3.76. The molecule has 2 aromatic rings. The van der Waals surface area contributed by atoms with E-state index in [9.17, 15) is 9.59 Å². The van der Waals surface area contributed by atoms with Gasteiger partial charge in [-0.3, -0.25) is 9.78 Å². The van der Waals surface area contributed by atoms with Gasteiger partial charge in [0, 0.05) is 22.6 Å². The zero-order chi connectivity index (χ0) is 16.8. The van der Waals surface area contributed by atoms with Crippen molar-refractivity contribution in [1.29, 1.82) is 0 Å². The van der Waals surface area contributed by atoms with Gasteiger partial charge >= 0.3 is 5.97 Å². The van der Waals surface area contributed by atoms with Gasteiger partial charge in [-0.2, -0.15) is 0 Å². The van der Waals surface area contributed by atoms with Gasteiger partial charge in [-0.1, -0.05) is 25.1 Å². The minimum atomic E-state index is -0.588. The Labute approximate surface area is 143 Å². The Morgan fingerprint density at radius 3 is 2.78 bits per heavy atom. The number of anilines is 1. The number of hydrogen-bond acceptors (Lipinski definition) is 4. The number of para-hydroxylation sites is 1. The molecule has 5 nitrogen and oxygen atoms in total. The van der Waals surface area contributed by atoms with Crippen molar-refractivity contribution in [2.24, 2.45) is 0 Å². The monoisotopic (exact) mass is 376 g/mol. The van der Waals surface area contributed by atoms with Crippen molar-refractivity contribution in [3.05, 3.63) is 57.8 Å². The van der Waals surface area contributed by atoms with E-state index in [1.807, 2.05) is 32.0 Å². The summed E-state index contributed by atoms with van der Waals surface area (Å²) >= 11 is 3.23. The number of aromatic nitrogens is 1. The van der Waals surface area contributed by atoms with E-state index in [0.717, 1.165) is 23.2 Å². The molecule has 0 fully saturated rings. The summed E-state index contributed by atoms with van der Waals surface area (Å²) in [7, 11) is 0. The lowest BCUT2D eigenvalue weighted by atomic mass is 10.1. The summed E-state index contributed by atoms with van der Waals surface area (Å²) < 4.78 is 5.69. The lowest BCUT2D eigenvalue weighted by Crippen LogP contribution is -2.22. The van der Waals surface area contributed by atoms with Crippen molar-refractivity contribution in [3.63, 3.8) is 0 Å². The van der Waals surface area contributed by atoms with E-state index >= 15 is 0 Å². The average Bonchev–Trinajstić information content (AvgIpc) is 2.54. The maximum absolute atomic E-state index is 12.0. The van der Waals surface area contributed by atoms with Crippen molar-refractivity contribution >= 4 is 33.5 Å². The molecule has 0 radical (unpaired) electrons. The fourth-order valence-electron chi connectivity index (χ4n) is 2.12. The Bertz CT molecular complexity index is 732. The third-order valence-electron chi connectivity index (χ3n) is 3.28. The SMILES string of the molecule is CCc1cccc(C)c1NC(=O)COC(=O)c1cncc(Br)c1. The molecular formula is C17H17BrN2O3. The van der Waals surface area contributed by atoms with E-state index in [1.54, 1.807) is 12.3 Å². The van der Waals surface area contributed by atoms with E-state index < -0.39 is 5.97 Å². The third-order valence-corrected chi connectivity index (χ3v) is 3.71. The minimum absolute atomic E-state index is 0.289. The molecular weight excluding hydrogens is 360 g/mol. The molecule has 0 unspecified atom stereocenters. The molecule has 1 amide bonds. The first-order chi connectivity index (χ1) is 11.0. The van der Waals surface area contributed by atoms with Crippen LogP contribution in [0.4, 0.5) is 5.69 Å². The summed E-state index contributed by atoms with van der Waals surface area (Å²) in [5, 5.41) is 2.81. The molecule has 0 spiro atoms. The lowest BCUT2D eigenvalue weighted by molar-refractivity contribution is -0.119. The van der Waals surface area contributed by atoms with Crippen LogP contribution in [0, 0.1) is 6.92 Å². The molecule has 0 saturated heterocycles. The van der Waals surface area contributed by atoms with Crippen LogP contribution in [-0.4, -0.2) is 23.5 Å². The first-order valence-corrected chi connectivity index (χ1v) is 7.96. The van der Waals surface area contributed by atoms with Gasteiger partial charge in [0.25, 0.3) is 5.91 Å². The van der Waals surface area contributed by atoms with Crippen molar-refractivity contribution in [2.45, 2.75) is 20.3 Å². The molecule has 0 aliphatic carbocycles. The highest BCUT2D eigenvalue weighted by Crippen LogP contribution is 2.21. The van der Waals surface area contributed by atoms with Gasteiger partial charge in [0.1, 0.15) is 0 Å². The molecule has 2 rings (SSSR count). The van der Waals surface area contributed by atoms with Crippen LogP contribution in [0.5, 0.6) is 0 Å². The molecule has 0 saturated carbocycles. The van der Waals surface area contributed by atoms with Crippen LogP contribution >= 0.6 is 15.9 Å². The van der Waals surface area contributed by atoms with E-state index in [4.69, 9.17) is 4.74 Å². The lowest BCUT2D eigenvalue weighted by Gasteiger charge is -2.13. The Morgan fingerprint density at radius 2 is 2.09 bits per heavy atom. The highest BCUT2D eigenvalue weighted by molar-refractivity contribution is 9.10. The quantitative estimate of drug-likeness (QED) is 0.810. The second kappa shape index (κ2) is 7.87. The molecule has 0 bridgehead atoms. The number of hydrogen-bond donors (Lipinski definition) is 1. The van der Waals surface area contributed by atoms with Gasteiger partial charge in [0.2, 0.25) is 0 Å². The van der Waals surface area contributed by atoms with E-state index in [0.29, 0.717) is 4.47 Å². The number of nitrogens with zero attached hydrogens (tertiary/aromatic N) is 1. The summed E-state index contributed by atoms with van der Waals surface area (Å²) in [5.74, 6) is -0.959. The van der Waals surface area contributed by atoms with Crippen LogP contribution in [-0.2, 0) is 16.0 Å². The molecule has 0 aliphatic heterocycles. The number of ether oxygens (including phenoxy) is 1. The van der Waals surface area contributed by atoms with Gasteiger partial charge in [0.05, 0.1) is 5.56 Å². The van der Waals surface area contributed by atoms with Gasteiger partial charge in [-0.05, 0) is 46.5 Å². The third kappa shape index (κ3) is 4.63. The van der Waals surface area contributed by atoms with Gasteiger partial charge < -0.3 is 10.1 Å². The van der Waals surface area contributed by atoms with Crippen molar-refractivity contribution in [1.82, 2.24) is 4.98 Å². The zero-order valence-corrected chi connectivity index (χ0v) is 14.5. The number of amides is 1. The van der Waals surface area contributed by atoms with E-state index in [2.05, 4.69) is 26.2 Å². The highest BCUT2D eigenvalue weighted by Gasteiger charge is 2.13. The summed E-state index contributed by atoms with van der Waals surface area (Å²) in [6, 6.07) is 7.42. The van der Waals surface area contributed by atoms with Crippen LogP contribution in [0.25, 0.3) is 0 Å². The fourth-order valence-corrected chi connectivity index (χ4v) is 2.48. The number of aryl methyl sites for hydroxylation is 2. The Morgan fingerprint density at radius 1 is 1.30 bits per heavy atom. The molecule has 6 heteroatoms. The van der Waals surface area contributed by atoms with Crippen molar-refractivity contribution < 1.29 is 14.3 Å². The molecule has 0 atom stereocenters. The Hall–Kier alpha value is -2.21. The van der Waals surface area contributed by atoms with Crippen LogP contribution in [0.2, 0.25) is 0 Å². The van der Waals surface area contributed by atoms with Crippen LogP contribution in [0.3, 0.4) is 0 Å². The van der Waals surface area contributed by atoms with Crippen LogP contribution < -0.4 is 5.32 Å². The van der Waals surface area contributed by atoms with E-state index in [1.165, 1.54) is 6.20 Å². The zero-order valence-electron chi connectivity index (χ0n) is 12.9. The summed E-state index contributed by atoms with van der Waals surface area (Å²) in [5.41, 5.74) is 3.08. The molecule has 120 valence electrons. The van der Waals surface area contributed by atoms with Crippen LogP contribution in [0.15, 0.2) is 41.1 Å². The molecule has 23 heavy (non-hydrogen) atoms. The van der Waals surface area contributed by atoms with Crippen molar-refractivity contribution in [2.75, 3.05) is 11.9 Å². The van der Waals surface area contributed by atoms with Gasteiger partial charge in [-0.15, -0.1) is 0 Å². The van der Waals surface area contributed by atoms with Gasteiger partial charge in [0.15, 0.2) is 6.61 Å². The summed E-state index contributed by atoms with van der Waals surface area (Å²) in [6.45, 7) is 3.60. The number of benzene rings is 1. The number of rotatable bonds is 5. The number of halogens is 1. The number of carbonyl (C=O) groups is 2. The molecule has 0 aliphatic rings.